The minimum Gasteiger partial charge on any atom is -0.480 e. The highest BCUT2D eigenvalue weighted by molar-refractivity contribution is 6.42. The van der Waals surface area contributed by atoms with Gasteiger partial charge in [-0.15, -0.1) is 0 Å². The Morgan fingerprint density at radius 3 is 2.12 bits per heavy atom. The lowest BCUT2D eigenvalue weighted by Gasteiger charge is -2.22. The number of amides is 1. The summed E-state index contributed by atoms with van der Waals surface area (Å²) in [6.45, 7) is 3.38. The van der Waals surface area contributed by atoms with Crippen LogP contribution in [0.2, 0.25) is 10.0 Å². The maximum absolute atomic E-state index is 12.1. The topological polar surface area (TPSA) is 116 Å². The average Bonchev–Trinajstić information content (AvgIpc) is 2.51. The van der Waals surface area contributed by atoms with E-state index in [0.717, 1.165) is 0 Å². The molecule has 0 bridgehead atoms. The molecular weight excluding hydrogens is 371 g/mol. The first-order chi connectivity index (χ1) is 11.6. The predicted octanol–water partition coefficient (Wildman–Crippen LogP) is 2.27. The number of benzene rings is 1. The summed E-state index contributed by atoms with van der Waals surface area (Å²) in [7, 11) is 0. The maximum Gasteiger partial charge on any atom is 0.322 e. The van der Waals surface area contributed by atoms with Crippen molar-refractivity contribution in [2.75, 3.05) is 6.54 Å². The Morgan fingerprint density at radius 1 is 1.04 bits per heavy atom. The zero-order valence-corrected chi connectivity index (χ0v) is 15.3. The standard InChI is InChI=1S/C16H20Cl2N2O5/c1-8(2)5-12(15(22)23)20-13(16(24)25)7-19-14(21)9-3-4-10(17)11(18)6-9/h3-4,6,8,12-13,20H,5,7H2,1-2H3,(H,19,21)(H,22,23)(H,24,25). The molecule has 0 aliphatic rings. The van der Waals surface area contributed by atoms with Gasteiger partial charge in [-0.1, -0.05) is 37.0 Å². The van der Waals surface area contributed by atoms with Gasteiger partial charge in [0, 0.05) is 12.1 Å². The second-order valence-electron chi connectivity index (χ2n) is 5.92. The highest BCUT2D eigenvalue weighted by Gasteiger charge is 2.27. The van der Waals surface area contributed by atoms with Crippen molar-refractivity contribution in [1.29, 1.82) is 0 Å². The van der Waals surface area contributed by atoms with Gasteiger partial charge >= 0.3 is 11.9 Å². The fourth-order valence-corrected chi connectivity index (χ4v) is 2.40. The minimum atomic E-state index is -1.26. The van der Waals surface area contributed by atoms with Crippen molar-refractivity contribution in [3.8, 4) is 0 Å². The van der Waals surface area contributed by atoms with E-state index < -0.39 is 29.9 Å². The van der Waals surface area contributed by atoms with Crippen LogP contribution in [-0.2, 0) is 9.59 Å². The molecule has 0 spiro atoms. The van der Waals surface area contributed by atoms with Gasteiger partial charge in [-0.05, 0) is 30.5 Å². The van der Waals surface area contributed by atoms with Crippen molar-refractivity contribution in [3.63, 3.8) is 0 Å². The molecule has 2 atom stereocenters. The molecule has 9 heteroatoms. The van der Waals surface area contributed by atoms with Gasteiger partial charge in [-0.3, -0.25) is 19.7 Å². The van der Waals surface area contributed by atoms with Crippen LogP contribution in [0.3, 0.4) is 0 Å². The molecule has 1 aromatic rings. The molecule has 7 nitrogen and oxygen atoms in total. The van der Waals surface area contributed by atoms with E-state index in [-0.39, 0.29) is 29.5 Å². The van der Waals surface area contributed by atoms with Crippen LogP contribution in [0, 0.1) is 5.92 Å². The van der Waals surface area contributed by atoms with Gasteiger partial charge in [-0.25, -0.2) is 0 Å². The number of rotatable bonds is 9. The molecule has 138 valence electrons. The first kappa shape index (κ1) is 21.2. The second kappa shape index (κ2) is 9.60. The van der Waals surface area contributed by atoms with Crippen LogP contribution < -0.4 is 10.6 Å². The van der Waals surface area contributed by atoms with Crippen LogP contribution >= 0.6 is 23.2 Å². The fourth-order valence-electron chi connectivity index (χ4n) is 2.11. The Hall–Kier alpha value is -1.83. The van der Waals surface area contributed by atoms with Crippen LogP contribution in [-0.4, -0.2) is 46.7 Å². The van der Waals surface area contributed by atoms with Gasteiger partial charge in [0.05, 0.1) is 10.0 Å². The molecule has 1 rings (SSSR count). The van der Waals surface area contributed by atoms with E-state index in [1.54, 1.807) is 0 Å². The molecule has 0 heterocycles. The number of halogens is 2. The van der Waals surface area contributed by atoms with Crippen molar-refractivity contribution in [2.24, 2.45) is 5.92 Å². The number of hydrogen-bond acceptors (Lipinski definition) is 4. The third-order valence-corrected chi connectivity index (χ3v) is 4.09. The zero-order valence-electron chi connectivity index (χ0n) is 13.8. The fraction of sp³-hybridized carbons (Fsp3) is 0.438. The predicted molar refractivity (Wildman–Crippen MR) is 94.2 cm³/mol. The largest absolute Gasteiger partial charge is 0.480 e. The van der Waals surface area contributed by atoms with Crippen molar-refractivity contribution in [1.82, 2.24) is 10.6 Å². The van der Waals surface area contributed by atoms with Gasteiger partial charge < -0.3 is 15.5 Å². The summed E-state index contributed by atoms with van der Waals surface area (Å²) < 4.78 is 0. The zero-order chi connectivity index (χ0) is 19.1. The number of carbonyl (C=O) groups is 3. The summed E-state index contributed by atoms with van der Waals surface area (Å²) >= 11 is 11.6. The molecule has 0 radical (unpaired) electrons. The van der Waals surface area contributed by atoms with Crippen LogP contribution in [0.1, 0.15) is 30.6 Å². The smallest absolute Gasteiger partial charge is 0.322 e. The Kier molecular flexibility index (Phi) is 8.15. The number of carboxylic acids is 2. The van der Waals surface area contributed by atoms with Crippen molar-refractivity contribution in [3.05, 3.63) is 33.8 Å². The lowest BCUT2D eigenvalue weighted by Crippen LogP contribution is -2.52. The van der Waals surface area contributed by atoms with E-state index >= 15 is 0 Å². The highest BCUT2D eigenvalue weighted by Crippen LogP contribution is 2.22. The van der Waals surface area contributed by atoms with Crippen LogP contribution in [0.15, 0.2) is 18.2 Å². The Balaban J connectivity index is 2.74. The Morgan fingerprint density at radius 2 is 1.64 bits per heavy atom. The summed E-state index contributed by atoms with van der Waals surface area (Å²) in [6.07, 6.45) is 0.264. The molecule has 0 saturated heterocycles. The number of carbonyl (C=O) groups excluding carboxylic acids is 1. The summed E-state index contributed by atoms with van der Waals surface area (Å²) in [4.78, 5) is 34.7. The summed E-state index contributed by atoms with van der Waals surface area (Å²) in [5, 5.41) is 23.9. The normalized spacial score (nSPS) is 13.3. The van der Waals surface area contributed by atoms with E-state index in [4.69, 9.17) is 23.2 Å². The average molecular weight is 391 g/mol. The van der Waals surface area contributed by atoms with E-state index in [0.29, 0.717) is 5.02 Å². The molecule has 0 aromatic heterocycles. The van der Waals surface area contributed by atoms with Gasteiger partial charge in [0.25, 0.3) is 5.91 Å². The molecular formula is C16H20Cl2N2O5. The van der Waals surface area contributed by atoms with Crippen molar-refractivity contribution in [2.45, 2.75) is 32.4 Å². The lowest BCUT2D eigenvalue weighted by atomic mass is 10.0. The van der Waals surface area contributed by atoms with Crippen molar-refractivity contribution < 1.29 is 24.6 Å². The minimum absolute atomic E-state index is 0.0637. The number of hydrogen-bond donors (Lipinski definition) is 4. The molecule has 0 fully saturated rings. The Bertz CT molecular complexity index is 651. The monoisotopic (exact) mass is 390 g/mol. The molecule has 25 heavy (non-hydrogen) atoms. The highest BCUT2D eigenvalue weighted by atomic mass is 35.5. The Labute approximate surface area is 155 Å². The molecule has 0 aliphatic carbocycles. The molecule has 4 N–H and O–H groups in total. The van der Waals surface area contributed by atoms with Gasteiger partial charge in [0.15, 0.2) is 0 Å². The molecule has 1 aromatic carbocycles. The van der Waals surface area contributed by atoms with Gasteiger partial charge in [0.2, 0.25) is 0 Å². The van der Waals surface area contributed by atoms with Crippen molar-refractivity contribution >= 4 is 41.0 Å². The SMILES string of the molecule is CC(C)CC(NC(CNC(=O)c1ccc(Cl)c(Cl)c1)C(=O)O)C(=O)O. The lowest BCUT2D eigenvalue weighted by molar-refractivity contribution is -0.142. The van der Waals surface area contributed by atoms with E-state index in [2.05, 4.69) is 10.6 Å². The van der Waals surface area contributed by atoms with E-state index in [1.807, 2.05) is 13.8 Å². The molecule has 1 amide bonds. The second-order valence-corrected chi connectivity index (χ2v) is 6.73. The maximum atomic E-state index is 12.1. The third kappa shape index (κ3) is 6.89. The van der Waals surface area contributed by atoms with Crippen LogP contribution in [0.25, 0.3) is 0 Å². The number of carboxylic acid groups (broad SMARTS) is 2. The van der Waals surface area contributed by atoms with E-state index in [1.165, 1.54) is 18.2 Å². The summed E-state index contributed by atoms with van der Waals surface area (Å²) in [5.41, 5.74) is 0.218. The van der Waals surface area contributed by atoms with Crippen LogP contribution in [0.4, 0.5) is 0 Å². The van der Waals surface area contributed by atoms with Gasteiger partial charge in [-0.2, -0.15) is 0 Å². The molecule has 0 aliphatic heterocycles. The quantitative estimate of drug-likeness (QED) is 0.513. The molecule has 0 saturated carbocycles. The number of nitrogens with one attached hydrogen (secondary N) is 2. The van der Waals surface area contributed by atoms with Crippen LogP contribution in [0.5, 0.6) is 0 Å². The summed E-state index contributed by atoms with van der Waals surface area (Å²) in [5.74, 6) is -2.88. The first-order valence-electron chi connectivity index (χ1n) is 7.56. The van der Waals surface area contributed by atoms with Gasteiger partial charge in [0.1, 0.15) is 12.1 Å². The summed E-state index contributed by atoms with van der Waals surface area (Å²) in [6, 6.07) is 2.00. The molecule has 2 unspecified atom stereocenters. The number of aliphatic carboxylic acids is 2. The first-order valence-corrected chi connectivity index (χ1v) is 8.32. The van der Waals surface area contributed by atoms with E-state index in [9.17, 15) is 24.6 Å². The third-order valence-electron chi connectivity index (χ3n) is 3.35.